The van der Waals surface area contributed by atoms with Gasteiger partial charge in [-0.1, -0.05) is 0 Å². The number of carbonyl (C=O) groups is 1. The standard InChI is InChI=1S/C5H9NO3/c1-5(2,3)8-4(7)9-6/h1-3H3. The molecule has 0 amide bonds. The van der Waals surface area contributed by atoms with E-state index in [1.165, 1.54) is 0 Å². The molecule has 9 heavy (non-hydrogen) atoms. The molecule has 0 aliphatic heterocycles. The van der Waals surface area contributed by atoms with Gasteiger partial charge in [-0.05, 0) is 20.8 Å². The predicted octanol–water partition coefficient (Wildman–Crippen LogP) is 1.79. The van der Waals surface area contributed by atoms with Crippen molar-refractivity contribution >= 4 is 6.16 Å². The predicted molar refractivity (Wildman–Crippen MR) is 33.0 cm³/mol. The van der Waals surface area contributed by atoms with Gasteiger partial charge >= 0.3 is 6.16 Å². The lowest BCUT2D eigenvalue weighted by Crippen LogP contribution is -2.21. The highest BCUT2D eigenvalue weighted by Crippen LogP contribution is 2.06. The quantitative estimate of drug-likeness (QED) is 0.371. The van der Waals surface area contributed by atoms with E-state index in [4.69, 9.17) is 5.59 Å². The number of rotatable bonds is 0. The van der Waals surface area contributed by atoms with E-state index in [1.807, 2.05) is 0 Å². The van der Waals surface area contributed by atoms with Crippen LogP contribution in [0.15, 0.2) is 0 Å². The summed E-state index contributed by atoms with van der Waals surface area (Å²) in [4.78, 5) is 10.1. The molecule has 0 N–H and O–H groups in total. The zero-order valence-corrected chi connectivity index (χ0v) is 5.67. The average molecular weight is 131 g/mol. The van der Waals surface area contributed by atoms with E-state index < -0.39 is 11.8 Å². The van der Waals surface area contributed by atoms with Crippen LogP contribution in [0.2, 0.25) is 0 Å². The molecule has 4 heteroatoms. The Balaban J connectivity index is 3.74. The molecule has 0 heterocycles. The molecule has 0 unspecified atom stereocenters. The Morgan fingerprint density at radius 1 is 1.56 bits per heavy atom. The van der Waals surface area contributed by atoms with Crippen LogP contribution in [0.5, 0.6) is 0 Å². The van der Waals surface area contributed by atoms with Crippen molar-refractivity contribution in [3.8, 4) is 0 Å². The first-order valence-electron chi connectivity index (χ1n) is 2.50. The second-order valence-corrected chi connectivity index (χ2v) is 2.56. The minimum atomic E-state index is -1.08. The molecule has 0 radical (unpaired) electrons. The summed E-state index contributed by atoms with van der Waals surface area (Å²) in [6, 6.07) is 0. The van der Waals surface area contributed by atoms with Crippen LogP contribution >= 0.6 is 0 Å². The molecular formula is C5H9NO3. The lowest BCUT2D eigenvalue weighted by atomic mass is 10.2. The van der Waals surface area contributed by atoms with Gasteiger partial charge in [0.1, 0.15) is 0 Å². The van der Waals surface area contributed by atoms with E-state index >= 15 is 0 Å². The van der Waals surface area contributed by atoms with Crippen molar-refractivity contribution in [3.63, 3.8) is 0 Å². The van der Waals surface area contributed by atoms with Crippen molar-refractivity contribution in [2.45, 2.75) is 26.4 Å². The van der Waals surface area contributed by atoms with Crippen molar-refractivity contribution in [3.05, 3.63) is 10.1 Å². The minimum absolute atomic E-state index is 0.611. The lowest BCUT2D eigenvalue weighted by molar-refractivity contribution is 0.0662. The van der Waals surface area contributed by atoms with E-state index in [-0.39, 0.29) is 0 Å². The highest BCUT2D eigenvalue weighted by Gasteiger charge is 2.25. The normalized spacial score (nSPS) is 10.6. The van der Waals surface area contributed by atoms with Gasteiger partial charge in [0.2, 0.25) is 0 Å². The fraction of sp³-hybridized carbons (Fsp3) is 0.800. The molecule has 0 aliphatic rings. The summed E-state index contributed by atoms with van der Waals surface area (Å²) in [6.07, 6.45) is -1.08. The van der Waals surface area contributed by atoms with Crippen LogP contribution < -0.4 is 0 Å². The van der Waals surface area contributed by atoms with E-state index in [0.29, 0.717) is 0 Å². The fourth-order valence-corrected chi connectivity index (χ4v) is 0.269. The van der Waals surface area contributed by atoms with Gasteiger partial charge in [-0.3, -0.25) is 0 Å². The van der Waals surface area contributed by atoms with Gasteiger partial charge in [0.25, 0.3) is 0 Å². The zero-order valence-electron chi connectivity index (χ0n) is 5.67. The smallest absolute Gasteiger partial charge is 0.510 e. The number of ether oxygens (including phenoxy) is 1. The van der Waals surface area contributed by atoms with Gasteiger partial charge in [-0.25, -0.2) is 0 Å². The van der Waals surface area contributed by atoms with E-state index in [2.05, 4.69) is 9.27 Å². The molecule has 4 nitrogen and oxygen atoms in total. The van der Waals surface area contributed by atoms with E-state index in [9.17, 15) is 4.79 Å². The van der Waals surface area contributed by atoms with Gasteiger partial charge < -0.3 is 14.9 Å². The van der Waals surface area contributed by atoms with Gasteiger partial charge in [0.05, 0.1) is 0 Å². The highest BCUT2D eigenvalue weighted by molar-refractivity contribution is 5.79. The van der Waals surface area contributed by atoms with Gasteiger partial charge in [0.15, 0.2) is 5.60 Å². The zero-order chi connectivity index (χ0) is 7.49. The largest absolute Gasteiger partial charge is 0.770 e. The fourth-order valence-electron chi connectivity index (χ4n) is 0.269. The molecular weight excluding hydrogens is 122 g/mol. The molecule has 0 saturated heterocycles. The van der Waals surface area contributed by atoms with Gasteiger partial charge in [-0.15, -0.1) is 0 Å². The molecule has 0 saturated carbocycles. The van der Waals surface area contributed by atoms with Crippen molar-refractivity contribution in [2.75, 3.05) is 0 Å². The molecule has 0 atom stereocenters. The van der Waals surface area contributed by atoms with Crippen molar-refractivity contribution < 1.29 is 9.53 Å². The van der Waals surface area contributed by atoms with Crippen LogP contribution in [0.3, 0.4) is 0 Å². The topological polar surface area (TPSA) is 59.9 Å². The summed E-state index contributed by atoms with van der Waals surface area (Å²) in [5, 5.41) is 0. The molecule has 0 rings (SSSR count). The Bertz CT molecular complexity index is 125. The Morgan fingerprint density at radius 3 is 2.11 bits per heavy atom. The summed E-state index contributed by atoms with van der Waals surface area (Å²) in [5.41, 5.74) is 7.11. The maximum absolute atomic E-state index is 10.1. The Hall–Kier alpha value is -0.930. The number of nitrogens with zero attached hydrogens (tertiary/aromatic N) is 1. The van der Waals surface area contributed by atoms with Crippen molar-refractivity contribution in [1.29, 1.82) is 0 Å². The Morgan fingerprint density at radius 2 is 2.00 bits per heavy atom. The lowest BCUT2D eigenvalue weighted by Gasteiger charge is -2.08. The first kappa shape index (κ1) is 8.07. The summed E-state index contributed by atoms with van der Waals surface area (Å²) in [6.45, 7) is 5.01. The molecule has 52 valence electrons. The second kappa shape index (κ2) is 2.57. The Labute approximate surface area is 53.3 Å². The third-order valence-electron chi connectivity index (χ3n) is 0.464. The molecule has 0 fully saturated rings. The van der Waals surface area contributed by atoms with Crippen LogP contribution in [0, 0.1) is 4.54 Å². The Kier molecular flexibility index (Phi) is 2.30. The SMILES string of the molecule is CC(C)(C)OC(=O)[O+]=[N-]. The first-order valence-corrected chi connectivity index (χ1v) is 2.50. The van der Waals surface area contributed by atoms with Crippen LogP contribution in [0.4, 0.5) is 4.79 Å². The monoisotopic (exact) mass is 131 g/mol. The van der Waals surface area contributed by atoms with Crippen LogP contribution in [0.1, 0.15) is 20.8 Å². The van der Waals surface area contributed by atoms with Gasteiger partial charge in [-0.2, -0.15) is 0 Å². The third kappa shape index (κ3) is 4.93. The number of nitroso groups, excluding NO2 is 1. The minimum Gasteiger partial charge on any atom is -0.510 e. The van der Waals surface area contributed by atoms with E-state index in [0.717, 1.165) is 0 Å². The molecule has 0 spiro atoms. The highest BCUT2D eigenvalue weighted by atomic mass is 16.7. The van der Waals surface area contributed by atoms with E-state index in [1.54, 1.807) is 20.8 Å². The van der Waals surface area contributed by atoms with Crippen molar-refractivity contribution in [1.82, 2.24) is 0 Å². The van der Waals surface area contributed by atoms with Crippen LogP contribution in [-0.4, -0.2) is 11.8 Å². The van der Waals surface area contributed by atoms with Crippen LogP contribution in [0.25, 0.3) is 5.59 Å². The molecule has 0 aromatic carbocycles. The van der Waals surface area contributed by atoms with Gasteiger partial charge in [0, 0.05) is 4.79 Å². The maximum Gasteiger partial charge on any atom is 0.770 e. The van der Waals surface area contributed by atoms with Crippen LogP contribution in [-0.2, 0) is 4.74 Å². The molecule has 0 aromatic rings. The summed E-state index contributed by atoms with van der Waals surface area (Å²) in [7, 11) is 0. The maximum atomic E-state index is 10.1. The summed E-state index contributed by atoms with van der Waals surface area (Å²) in [5.74, 6) is 0. The number of carbonyl (C=O) groups excluding carboxylic acids is 1. The summed E-state index contributed by atoms with van der Waals surface area (Å²) >= 11 is 0. The number of hydrogen-bond donors (Lipinski definition) is 0. The average Bonchev–Trinajstić information content (AvgIpc) is 1.62. The molecule has 0 aromatic heterocycles. The molecule has 0 aliphatic carbocycles. The first-order chi connectivity index (χ1) is 3.95. The third-order valence-corrected chi connectivity index (χ3v) is 0.464. The molecule has 0 bridgehead atoms. The van der Waals surface area contributed by atoms with Crippen molar-refractivity contribution in [2.24, 2.45) is 0 Å². The summed E-state index contributed by atoms with van der Waals surface area (Å²) < 4.78 is 7.74. The second-order valence-electron chi connectivity index (χ2n) is 2.56. The number of hydrogen-bond acceptors (Lipinski definition) is 2.